The zero-order valence-electron chi connectivity index (χ0n) is 25.4. The molecule has 220 valence electrons. The molecule has 7 nitrogen and oxygen atoms in total. The number of thiazole rings is 1. The predicted octanol–water partition coefficient (Wildman–Crippen LogP) is 6.84. The molecule has 3 rings (SSSR count). The first kappa shape index (κ1) is 31.8. The Hall–Kier alpha value is -2.71. The predicted molar refractivity (Wildman–Crippen MR) is 160 cm³/mol. The molecule has 1 aromatic heterocycles. The van der Waals surface area contributed by atoms with E-state index >= 15 is 0 Å². The monoisotopic (exact) mass is 570 g/mol. The van der Waals surface area contributed by atoms with Crippen molar-refractivity contribution in [3.63, 3.8) is 0 Å². The smallest absolute Gasteiger partial charge is 0.332 e. The zero-order valence-corrected chi connectivity index (χ0v) is 26.2. The van der Waals surface area contributed by atoms with E-state index in [1.165, 1.54) is 11.3 Å². The fraction of sp³-hybridized carbons (Fsp3) is 0.594. The van der Waals surface area contributed by atoms with Crippen LogP contribution < -0.4 is 4.74 Å². The van der Waals surface area contributed by atoms with E-state index in [-0.39, 0.29) is 41.7 Å². The molecular formula is C32H46N2O5S. The van der Waals surface area contributed by atoms with Crippen molar-refractivity contribution in [2.75, 3.05) is 26.9 Å². The molecule has 3 atom stereocenters. The lowest BCUT2D eigenvalue weighted by Crippen LogP contribution is -2.55. The van der Waals surface area contributed by atoms with Crippen LogP contribution in [0.25, 0.3) is 0 Å². The summed E-state index contributed by atoms with van der Waals surface area (Å²) < 4.78 is 17.6. The van der Waals surface area contributed by atoms with Gasteiger partial charge in [-0.05, 0) is 47.8 Å². The Morgan fingerprint density at radius 3 is 2.50 bits per heavy atom. The van der Waals surface area contributed by atoms with Crippen molar-refractivity contribution in [2.45, 2.75) is 78.3 Å². The number of esters is 1. The first-order valence-electron chi connectivity index (χ1n) is 14.1. The highest BCUT2D eigenvalue weighted by Gasteiger charge is 2.60. The van der Waals surface area contributed by atoms with Gasteiger partial charge in [0.25, 0.3) is 5.91 Å². The molecule has 1 aromatic carbocycles. The van der Waals surface area contributed by atoms with Crippen molar-refractivity contribution in [1.82, 2.24) is 9.88 Å². The van der Waals surface area contributed by atoms with Crippen LogP contribution in [0, 0.1) is 17.8 Å². The fourth-order valence-electron chi connectivity index (χ4n) is 5.67. The van der Waals surface area contributed by atoms with E-state index in [0.29, 0.717) is 37.4 Å². The first-order valence-corrected chi connectivity index (χ1v) is 15.0. The molecule has 1 aliphatic rings. The van der Waals surface area contributed by atoms with Crippen molar-refractivity contribution in [3.8, 4) is 5.75 Å². The van der Waals surface area contributed by atoms with Gasteiger partial charge >= 0.3 is 5.97 Å². The third kappa shape index (κ3) is 6.95. The number of carbonyl (C=O) groups excluding carboxylic acids is 2. The standard InChI is InChI=1S/C32H46N2O5S/c1-10-14-38-20-24-18-32(17-21(2)3,30(36)39-19-22(4)5)34(27(24)28-33-13-15-40-28)29(35)23-11-12-25(31(6,7)8)26(16-23)37-9/h10-13,15-16,21-22,24,27H,1,14,17-20H2,2-9H3. The summed E-state index contributed by atoms with van der Waals surface area (Å²) in [4.78, 5) is 35.2. The highest BCUT2D eigenvalue weighted by Crippen LogP contribution is 2.51. The van der Waals surface area contributed by atoms with E-state index in [1.807, 2.05) is 31.4 Å². The van der Waals surface area contributed by atoms with E-state index in [0.717, 1.165) is 10.6 Å². The molecule has 2 heterocycles. The summed E-state index contributed by atoms with van der Waals surface area (Å²) in [6.07, 6.45) is 4.34. The normalized spacial score (nSPS) is 21.2. The van der Waals surface area contributed by atoms with Crippen LogP contribution in [0.3, 0.4) is 0 Å². The molecule has 1 saturated heterocycles. The van der Waals surface area contributed by atoms with Crippen molar-refractivity contribution in [3.05, 3.63) is 58.6 Å². The van der Waals surface area contributed by atoms with Gasteiger partial charge in [0.15, 0.2) is 0 Å². The van der Waals surface area contributed by atoms with Crippen molar-refractivity contribution >= 4 is 23.2 Å². The number of rotatable bonds is 12. The summed E-state index contributed by atoms with van der Waals surface area (Å²) in [5.74, 6) is 0.176. The largest absolute Gasteiger partial charge is 0.496 e. The van der Waals surface area contributed by atoms with Gasteiger partial charge in [-0.1, -0.05) is 60.6 Å². The highest BCUT2D eigenvalue weighted by atomic mass is 32.1. The summed E-state index contributed by atoms with van der Waals surface area (Å²) in [7, 11) is 1.62. The SMILES string of the molecule is C=CCOCC1CC(CC(C)C)(C(=O)OCC(C)C)N(C(=O)c2ccc(C(C)(C)C)c(OC)c2)C1c1nccs1. The lowest BCUT2D eigenvalue weighted by molar-refractivity contribution is -0.158. The summed E-state index contributed by atoms with van der Waals surface area (Å²) in [6, 6.07) is 5.14. The first-order chi connectivity index (χ1) is 18.9. The zero-order chi connectivity index (χ0) is 29.7. The molecule has 2 aromatic rings. The molecular weight excluding hydrogens is 524 g/mol. The Labute approximate surface area is 243 Å². The Morgan fingerprint density at radius 2 is 1.95 bits per heavy atom. The number of ether oxygens (including phenoxy) is 3. The number of methoxy groups -OCH3 is 1. The summed E-state index contributed by atoms with van der Waals surface area (Å²) in [5.41, 5.74) is 0.127. The Kier molecular flexibility index (Phi) is 10.6. The second-order valence-electron chi connectivity index (χ2n) is 12.6. The number of benzene rings is 1. The van der Waals surface area contributed by atoms with Crippen LogP contribution >= 0.6 is 11.3 Å². The molecule has 40 heavy (non-hydrogen) atoms. The molecule has 0 aliphatic carbocycles. The minimum Gasteiger partial charge on any atom is -0.496 e. The van der Waals surface area contributed by atoms with Gasteiger partial charge in [0.2, 0.25) is 0 Å². The minimum absolute atomic E-state index is 0.129. The molecule has 0 radical (unpaired) electrons. The van der Waals surface area contributed by atoms with Crippen LogP contribution in [0.4, 0.5) is 0 Å². The number of hydrogen-bond acceptors (Lipinski definition) is 7. The van der Waals surface area contributed by atoms with Gasteiger partial charge in [0.05, 0.1) is 33.0 Å². The lowest BCUT2D eigenvalue weighted by Gasteiger charge is -2.40. The third-order valence-corrected chi connectivity index (χ3v) is 8.05. The van der Waals surface area contributed by atoms with Crippen LogP contribution in [0.2, 0.25) is 0 Å². The van der Waals surface area contributed by atoms with Gasteiger partial charge in [-0.3, -0.25) is 4.79 Å². The van der Waals surface area contributed by atoms with E-state index in [9.17, 15) is 9.59 Å². The average molecular weight is 571 g/mol. The second kappa shape index (κ2) is 13.3. The Bertz CT molecular complexity index is 1150. The van der Waals surface area contributed by atoms with Gasteiger partial charge in [-0.15, -0.1) is 17.9 Å². The molecule has 0 N–H and O–H groups in total. The fourth-order valence-corrected chi connectivity index (χ4v) is 6.49. The van der Waals surface area contributed by atoms with Crippen molar-refractivity contribution < 1.29 is 23.8 Å². The summed E-state index contributed by atoms with van der Waals surface area (Å²) in [5, 5.41) is 2.68. The topological polar surface area (TPSA) is 78.0 Å². The molecule has 0 bridgehead atoms. The van der Waals surface area contributed by atoms with Crippen LogP contribution in [-0.4, -0.2) is 54.2 Å². The molecule has 1 amide bonds. The minimum atomic E-state index is -1.17. The number of aromatic nitrogens is 1. The van der Waals surface area contributed by atoms with Gasteiger partial charge in [0.1, 0.15) is 16.3 Å². The van der Waals surface area contributed by atoms with Crippen LogP contribution in [0.5, 0.6) is 5.75 Å². The average Bonchev–Trinajstić information content (AvgIpc) is 3.52. The number of hydrogen-bond donors (Lipinski definition) is 0. The molecule has 3 unspecified atom stereocenters. The van der Waals surface area contributed by atoms with Crippen LogP contribution in [0.15, 0.2) is 42.4 Å². The van der Waals surface area contributed by atoms with E-state index in [2.05, 4.69) is 46.2 Å². The maximum absolute atomic E-state index is 14.7. The van der Waals surface area contributed by atoms with Crippen molar-refractivity contribution in [2.24, 2.45) is 17.8 Å². The molecule has 1 aliphatic heterocycles. The third-order valence-electron chi connectivity index (χ3n) is 7.21. The van der Waals surface area contributed by atoms with Gasteiger partial charge < -0.3 is 19.1 Å². The van der Waals surface area contributed by atoms with E-state index in [1.54, 1.807) is 30.3 Å². The summed E-state index contributed by atoms with van der Waals surface area (Å²) >= 11 is 1.49. The maximum atomic E-state index is 14.7. The van der Waals surface area contributed by atoms with E-state index in [4.69, 9.17) is 14.2 Å². The second-order valence-corrected chi connectivity index (χ2v) is 13.5. The molecule has 0 spiro atoms. The van der Waals surface area contributed by atoms with Crippen LogP contribution in [0.1, 0.15) is 88.3 Å². The Balaban J connectivity index is 2.22. The molecule has 1 fully saturated rings. The quantitative estimate of drug-likeness (QED) is 0.158. The Morgan fingerprint density at radius 1 is 1.23 bits per heavy atom. The number of carbonyl (C=O) groups is 2. The maximum Gasteiger partial charge on any atom is 0.332 e. The number of nitrogens with zero attached hydrogens (tertiary/aromatic N) is 2. The lowest BCUT2D eigenvalue weighted by atomic mass is 9.83. The van der Waals surface area contributed by atoms with Gasteiger partial charge in [-0.25, -0.2) is 9.78 Å². The number of amides is 1. The van der Waals surface area contributed by atoms with Crippen molar-refractivity contribution in [1.29, 1.82) is 0 Å². The summed E-state index contributed by atoms with van der Waals surface area (Å²) in [6.45, 7) is 19.3. The van der Waals surface area contributed by atoms with Gasteiger partial charge in [-0.2, -0.15) is 0 Å². The number of likely N-dealkylation sites (tertiary alicyclic amines) is 1. The molecule has 0 saturated carbocycles. The van der Waals surface area contributed by atoms with Crippen LogP contribution in [-0.2, 0) is 19.7 Å². The van der Waals surface area contributed by atoms with E-state index < -0.39 is 11.6 Å². The van der Waals surface area contributed by atoms with Gasteiger partial charge in [0, 0.05) is 23.1 Å². The molecule has 8 heteroatoms. The highest BCUT2D eigenvalue weighted by molar-refractivity contribution is 7.09.